The third kappa shape index (κ3) is 3.54. The Bertz CT molecular complexity index is 813. The second-order valence-corrected chi connectivity index (χ2v) is 7.04. The van der Waals surface area contributed by atoms with Gasteiger partial charge in [0.2, 0.25) is 0 Å². The molecule has 2 aromatic rings. The van der Waals surface area contributed by atoms with E-state index in [9.17, 15) is 8.42 Å². The van der Waals surface area contributed by atoms with Crippen LogP contribution in [-0.2, 0) is 10.0 Å². The van der Waals surface area contributed by atoms with Gasteiger partial charge in [-0.25, -0.2) is 8.42 Å². The van der Waals surface area contributed by atoms with E-state index >= 15 is 0 Å². The van der Waals surface area contributed by atoms with E-state index in [0.29, 0.717) is 17.2 Å². The van der Waals surface area contributed by atoms with E-state index in [4.69, 9.17) is 9.47 Å². The minimum absolute atomic E-state index is 0.124. The molecule has 0 aliphatic heterocycles. The predicted octanol–water partition coefficient (Wildman–Crippen LogP) is 3.39. The highest BCUT2D eigenvalue weighted by molar-refractivity contribution is 7.92. The summed E-state index contributed by atoms with van der Waals surface area (Å²) in [6, 6.07) is 11.7. The number of hydrogen-bond donors (Lipinski definition) is 0. The highest BCUT2D eigenvalue weighted by Gasteiger charge is 2.26. The molecule has 0 aliphatic carbocycles. The Hall–Kier alpha value is -2.47. The van der Waals surface area contributed by atoms with Crippen LogP contribution in [0.4, 0.5) is 5.69 Å². The van der Waals surface area contributed by atoms with Crippen molar-refractivity contribution in [2.24, 2.45) is 0 Å². The minimum Gasteiger partial charge on any atom is -0.497 e. The maximum atomic E-state index is 13.0. The van der Waals surface area contributed by atoms with Gasteiger partial charge in [-0.05, 0) is 31.2 Å². The van der Waals surface area contributed by atoms with Crippen molar-refractivity contribution >= 4 is 15.7 Å². The summed E-state index contributed by atoms with van der Waals surface area (Å²) in [5.74, 6) is 0.994. The first-order valence-corrected chi connectivity index (χ1v) is 8.80. The van der Waals surface area contributed by atoms with Gasteiger partial charge in [-0.15, -0.1) is 6.58 Å². The lowest BCUT2D eigenvalue weighted by Gasteiger charge is -2.25. The van der Waals surface area contributed by atoms with Crippen LogP contribution >= 0.6 is 0 Å². The number of methoxy groups -OCH3 is 2. The molecule has 5 nitrogen and oxygen atoms in total. The quantitative estimate of drug-likeness (QED) is 0.721. The van der Waals surface area contributed by atoms with E-state index in [1.807, 2.05) is 6.92 Å². The molecule has 0 heterocycles. The predicted molar refractivity (Wildman–Crippen MR) is 95.5 cm³/mol. The van der Waals surface area contributed by atoms with Crippen molar-refractivity contribution in [3.05, 3.63) is 60.7 Å². The van der Waals surface area contributed by atoms with Crippen molar-refractivity contribution in [1.82, 2.24) is 0 Å². The first-order chi connectivity index (χ1) is 11.4. The summed E-state index contributed by atoms with van der Waals surface area (Å²) < 4.78 is 37.9. The van der Waals surface area contributed by atoms with Crippen LogP contribution in [0.1, 0.15) is 5.56 Å². The lowest BCUT2D eigenvalue weighted by molar-refractivity contribution is 0.395. The van der Waals surface area contributed by atoms with Crippen LogP contribution in [0.5, 0.6) is 11.5 Å². The number of nitrogens with zero attached hydrogens (tertiary/aromatic N) is 1. The van der Waals surface area contributed by atoms with Crippen LogP contribution in [0.2, 0.25) is 0 Å². The number of rotatable bonds is 7. The molecule has 0 saturated heterocycles. The standard InChI is InChI=1S/C18H21NO4S/c1-5-12-19(17-11-8-15(22-3)13-18(17)23-4)24(20,21)16-9-6-14(2)7-10-16/h5-11,13H,1,12H2,2-4H3. The van der Waals surface area contributed by atoms with Gasteiger partial charge < -0.3 is 9.47 Å². The largest absolute Gasteiger partial charge is 0.497 e. The summed E-state index contributed by atoms with van der Waals surface area (Å²) in [6.07, 6.45) is 1.54. The Morgan fingerprint density at radius 2 is 1.75 bits per heavy atom. The SMILES string of the molecule is C=CCN(c1ccc(OC)cc1OC)S(=O)(=O)c1ccc(C)cc1. The molecule has 0 atom stereocenters. The summed E-state index contributed by atoms with van der Waals surface area (Å²) >= 11 is 0. The van der Waals surface area contributed by atoms with Gasteiger partial charge in [0.05, 0.1) is 31.3 Å². The van der Waals surface area contributed by atoms with Crippen molar-refractivity contribution in [2.45, 2.75) is 11.8 Å². The number of anilines is 1. The Morgan fingerprint density at radius 1 is 1.08 bits per heavy atom. The third-order valence-corrected chi connectivity index (χ3v) is 5.35. The average molecular weight is 347 g/mol. The summed E-state index contributed by atoms with van der Waals surface area (Å²) in [4.78, 5) is 0.216. The summed E-state index contributed by atoms with van der Waals surface area (Å²) in [5.41, 5.74) is 1.42. The van der Waals surface area contributed by atoms with Crippen molar-refractivity contribution in [3.8, 4) is 11.5 Å². The van der Waals surface area contributed by atoms with E-state index in [1.54, 1.807) is 49.6 Å². The minimum atomic E-state index is -3.74. The summed E-state index contributed by atoms with van der Waals surface area (Å²) in [7, 11) is -0.714. The lowest BCUT2D eigenvalue weighted by Crippen LogP contribution is -2.31. The Kier molecular flexibility index (Phi) is 5.51. The molecule has 0 saturated carbocycles. The Balaban J connectivity index is 2.57. The molecule has 24 heavy (non-hydrogen) atoms. The van der Waals surface area contributed by atoms with E-state index in [-0.39, 0.29) is 11.4 Å². The number of aryl methyl sites for hydroxylation is 1. The lowest BCUT2D eigenvalue weighted by atomic mass is 10.2. The van der Waals surface area contributed by atoms with Gasteiger partial charge in [-0.3, -0.25) is 4.31 Å². The molecule has 2 aromatic carbocycles. The fourth-order valence-corrected chi connectivity index (χ4v) is 3.72. The van der Waals surface area contributed by atoms with Gasteiger partial charge in [-0.1, -0.05) is 23.8 Å². The van der Waals surface area contributed by atoms with E-state index in [0.717, 1.165) is 5.56 Å². The molecule has 0 bridgehead atoms. The average Bonchev–Trinajstić information content (AvgIpc) is 2.59. The molecule has 6 heteroatoms. The van der Waals surface area contributed by atoms with Crippen LogP contribution in [0.25, 0.3) is 0 Å². The van der Waals surface area contributed by atoms with Crippen molar-refractivity contribution < 1.29 is 17.9 Å². The molecule has 128 valence electrons. The Labute approximate surface area is 143 Å². The number of benzene rings is 2. The van der Waals surface area contributed by atoms with E-state index in [1.165, 1.54) is 17.5 Å². The summed E-state index contributed by atoms with van der Waals surface area (Å²) in [5, 5.41) is 0. The molecule has 0 aliphatic rings. The second-order valence-electron chi connectivity index (χ2n) is 5.18. The molecule has 0 fully saturated rings. The fraction of sp³-hybridized carbons (Fsp3) is 0.222. The van der Waals surface area contributed by atoms with Gasteiger partial charge in [-0.2, -0.15) is 0 Å². The zero-order chi connectivity index (χ0) is 17.7. The van der Waals surface area contributed by atoms with Gasteiger partial charge in [0.25, 0.3) is 10.0 Å². The first kappa shape index (κ1) is 17.9. The molecule has 0 amide bonds. The fourth-order valence-electron chi connectivity index (χ4n) is 2.27. The van der Waals surface area contributed by atoms with Crippen LogP contribution in [0.15, 0.2) is 60.0 Å². The van der Waals surface area contributed by atoms with Crippen LogP contribution in [0.3, 0.4) is 0 Å². The van der Waals surface area contributed by atoms with Gasteiger partial charge in [0, 0.05) is 6.07 Å². The highest BCUT2D eigenvalue weighted by Crippen LogP contribution is 2.35. The molecule has 0 unspecified atom stereocenters. The second kappa shape index (κ2) is 7.40. The normalized spacial score (nSPS) is 11.0. The third-order valence-electron chi connectivity index (χ3n) is 3.56. The number of sulfonamides is 1. The van der Waals surface area contributed by atoms with Crippen molar-refractivity contribution in [3.63, 3.8) is 0 Å². The maximum absolute atomic E-state index is 13.0. The molecule has 2 rings (SSSR count). The molecule has 0 N–H and O–H groups in total. The van der Waals surface area contributed by atoms with Crippen LogP contribution in [0, 0.1) is 6.92 Å². The van der Waals surface area contributed by atoms with Gasteiger partial charge in [0.1, 0.15) is 11.5 Å². The molecular weight excluding hydrogens is 326 g/mol. The van der Waals surface area contributed by atoms with Gasteiger partial charge >= 0.3 is 0 Å². The number of hydrogen-bond acceptors (Lipinski definition) is 4. The van der Waals surface area contributed by atoms with Crippen molar-refractivity contribution in [1.29, 1.82) is 0 Å². The molecule has 0 radical (unpaired) electrons. The first-order valence-electron chi connectivity index (χ1n) is 7.36. The maximum Gasteiger partial charge on any atom is 0.264 e. The molecule has 0 aromatic heterocycles. The zero-order valence-electron chi connectivity index (χ0n) is 14.0. The van der Waals surface area contributed by atoms with Crippen LogP contribution < -0.4 is 13.8 Å². The van der Waals surface area contributed by atoms with Crippen molar-refractivity contribution in [2.75, 3.05) is 25.1 Å². The Morgan fingerprint density at radius 3 is 2.29 bits per heavy atom. The smallest absolute Gasteiger partial charge is 0.264 e. The topological polar surface area (TPSA) is 55.8 Å². The summed E-state index contributed by atoms with van der Waals surface area (Å²) in [6.45, 7) is 5.70. The van der Waals surface area contributed by atoms with Gasteiger partial charge in [0.15, 0.2) is 0 Å². The number of ether oxygens (including phenoxy) is 2. The monoisotopic (exact) mass is 347 g/mol. The highest BCUT2D eigenvalue weighted by atomic mass is 32.2. The molecule has 0 spiro atoms. The molecular formula is C18H21NO4S. The van der Waals surface area contributed by atoms with E-state index in [2.05, 4.69) is 6.58 Å². The van der Waals surface area contributed by atoms with Crippen LogP contribution in [-0.4, -0.2) is 29.2 Å². The zero-order valence-corrected chi connectivity index (χ0v) is 14.8. The van der Waals surface area contributed by atoms with E-state index < -0.39 is 10.0 Å².